The molecule has 13 heteroatoms. The predicted molar refractivity (Wildman–Crippen MR) is 158 cm³/mol. The highest BCUT2D eigenvalue weighted by Crippen LogP contribution is 2.47. The summed E-state index contributed by atoms with van der Waals surface area (Å²) in [5.74, 6) is 2.03. The van der Waals surface area contributed by atoms with Crippen LogP contribution in [0, 0.1) is 5.41 Å². The Labute approximate surface area is 247 Å². The summed E-state index contributed by atoms with van der Waals surface area (Å²) in [7, 11) is 4.84. The average Bonchev–Trinajstić information content (AvgIpc) is 3.37. The van der Waals surface area contributed by atoms with Gasteiger partial charge in [0, 0.05) is 73.8 Å². The van der Waals surface area contributed by atoms with Gasteiger partial charge in [-0.3, -0.25) is 4.79 Å². The Morgan fingerprint density at radius 3 is 2.44 bits per heavy atom. The van der Waals surface area contributed by atoms with Gasteiger partial charge in [0.15, 0.2) is 17.1 Å². The van der Waals surface area contributed by atoms with Gasteiger partial charge in [0.05, 0.1) is 24.3 Å². The van der Waals surface area contributed by atoms with Gasteiger partial charge in [-0.25, -0.2) is 9.97 Å². The van der Waals surface area contributed by atoms with Crippen LogP contribution in [-0.4, -0.2) is 94.3 Å². The Bertz CT molecular complexity index is 1650. The Morgan fingerprint density at radius 1 is 1.10 bits per heavy atom. The maximum Gasteiger partial charge on any atom is 0.245 e. The first-order valence-electron chi connectivity index (χ1n) is 13.3. The summed E-state index contributed by atoms with van der Waals surface area (Å²) in [6.07, 6.45) is 4.68. The van der Waals surface area contributed by atoms with Gasteiger partial charge in [-0.1, -0.05) is 29.8 Å². The molecule has 11 nitrogen and oxygen atoms in total. The molecule has 0 unspecified atom stereocenters. The summed E-state index contributed by atoms with van der Waals surface area (Å²) >= 11 is 13.6. The number of hydrogen-bond donors (Lipinski definition) is 1. The number of likely N-dealkylation sites (tertiary alicyclic amines) is 2. The minimum atomic E-state index is 0.0148. The molecule has 1 amide bonds. The van der Waals surface area contributed by atoms with E-state index in [2.05, 4.69) is 26.8 Å². The van der Waals surface area contributed by atoms with Crippen molar-refractivity contribution in [2.75, 3.05) is 59.3 Å². The van der Waals surface area contributed by atoms with Gasteiger partial charge in [-0.05, 0) is 25.1 Å². The van der Waals surface area contributed by atoms with Crippen LogP contribution in [0.1, 0.15) is 12.2 Å². The zero-order valence-corrected chi connectivity index (χ0v) is 24.6. The molecule has 3 aromatic heterocycles. The maximum atomic E-state index is 11.8. The van der Waals surface area contributed by atoms with Crippen LogP contribution in [0.3, 0.4) is 0 Å². The van der Waals surface area contributed by atoms with E-state index in [9.17, 15) is 4.79 Å². The number of benzene rings is 1. The highest BCUT2D eigenvalue weighted by molar-refractivity contribution is 6.41. The monoisotopic (exact) mass is 596 g/mol. The Balaban J connectivity index is 1.30. The molecule has 0 atom stereocenters. The van der Waals surface area contributed by atoms with Crippen molar-refractivity contribution in [2.45, 2.75) is 12.8 Å². The molecule has 0 aliphatic carbocycles. The number of halogens is 2. The van der Waals surface area contributed by atoms with Gasteiger partial charge in [0.2, 0.25) is 11.9 Å². The number of anilines is 1. The van der Waals surface area contributed by atoms with Crippen molar-refractivity contribution in [3.63, 3.8) is 0 Å². The van der Waals surface area contributed by atoms with Gasteiger partial charge in [-0.15, -0.1) is 5.10 Å². The number of nitrogens with zero attached hydrogens (tertiary/aromatic N) is 7. The molecule has 214 valence electrons. The van der Waals surface area contributed by atoms with Crippen molar-refractivity contribution < 1.29 is 14.3 Å². The largest absolute Gasteiger partial charge is 0.495 e. The molecule has 4 aromatic rings. The molecule has 2 aliphatic heterocycles. The minimum Gasteiger partial charge on any atom is -0.495 e. The number of rotatable bonds is 9. The molecular weight excluding hydrogens is 567 g/mol. The Hall–Kier alpha value is -3.67. The fourth-order valence-corrected chi connectivity index (χ4v) is 6.56. The summed E-state index contributed by atoms with van der Waals surface area (Å²) < 4.78 is 12.7. The van der Waals surface area contributed by atoms with Crippen LogP contribution in [0.2, 0.25) is 10.0 Å². The number of pyridine rings is 1. The van der Waals surface area contributed by atoms with Crippen molar-refractivity contribution in [1.82, 2.24) is 34.4 Å². The molecular formula is C28H30Cl2N8O3. The molecule has 0 radical (unpaired) electrons. The second-order valence-electron chi connectivity index (χ2n) is 10.5. The third-order valence-electron chi connectivity index (χ3n) is 7.79. The number of aryl methyl sites for hydroxylation is 1. The minimum absolute atomic E-state index is 0.0148. The number of methoxy groups -OCH3 is 2. The lowest BCUT2D eigenvalue weighted by molar-refractivity contribution is -0.153. The normalized spacial score (nSPS) is 16.1. The summed E-state index contributed by atoms with van der Waals surface area (Å²) in [4.78, 5) is 30.0. The molecule has 2 fully saturated rings. The second kappa shape index (κ2) is 10.6. The molecule has 2 saturated heterocycles. The molecule has 5 heterocycles. The first kappa shape index (κ1) is 27.5. The summed E-state index contributed by atoms with van der Waals surface area (Å²) in [6, 6.07) is 3.56. The summed E-state index contributed by atoms with van der Waals surface area (Å²) in [5, 5.41) is 9.26. The molecule has 1 N–H and O–H groups in total. The van der Waals surface area contributed by atoms with E-state index in [1.165, 1.54) is 6.08 Å². The molecule has 6 rings (SSSR count). The quantitative estimate of drug-likeness (QED) is 0.287. The van der Waals surface area contributed by atoms with E-state index in [0.717, 1.165) is 44.5 Å². The number of fused-ring (bicyclic) bond motifs is 3. The number of hydrogen-bond acceptors (Lipinski definition) is 9. The summed E-state index contributed by atoms with van der Waals surface area (Å²) in [6.45, 7) is 8.13. The lowest BCUT2D eigenvalue weighted by Crippen LogP contribution is -2.72. The zero-order chi connectivity index (χ0) is 28.9. The Morgan fingerprint density at radius 2 is 1.80 bits per heavy atom. The maximum absolute atomic E-state index is 11.8. The third-order valence-corrected chi connectivity index (χ3v) is 8.54. The first-order chi connectivity index (χ1) is 19.8. The fourth-order valence-electron chi connectivity index (χ4n) is 5.85. The highest BCUT2D eigenvalue weighted by Gasteiger charge is 2.52. The van der Waals surface area contributed by atoms with Crippen molar-refractivity contribution in [3.05, 3.63) is 46.9 Å². The topological polar surface area (TPSA) is 110 Å². The molecule has 1 aromatic carbocycles. The van der Waals surface area contributed by atoms with Crippen LogP contribution in [0.5, 0.6) is 11.5 Å². The number of amides is 1. The van der Waals surface area contributed by atoms with E-state index in [1.807, 2.05) is 11.0 Å². The predicted octanol–water partition coefficient (Wildman–Crippen LogP) is 3.97. The van der Waals surface area contributed by atoms with Crippen LogP contribution in [-0.2, 0) is 11.2 Å². The lowest BCUT2D eigenvalue weighted by Gasteiger charge is -2.60. The van der Waals surface area contributed by atoms with Crippen LogP contribution in [0.4, 0.5) is 5.95 Å². The third kappa shape index (κ3) is 4.71. The summed E-state index contributed by atoms with van der Waals surface area (Å²) in [5.41, 5.74) is 2.62. The van der Waals surface area contributed by atoms with Gasteiger partial charge >= 0.3 is 0 Å². The van der Waals surface area contributed by atoms with Gasteiger partial charge in [-0.2, -0.15) is 9.50 Å². The van der Waals surface area contributed by atoms with Crippen molar-refractivity contribution in [1.29, 1.82) is 0 Å². The van der Waals surface area contributed by atoms with Crippen molar-refractivity contribution in [2.24, 2.45) is 5.41 Å². The molecule has 0 bridgehead atoms. The standard InChI is InChI=1S/C28H30Cl2N8O3/c1-5-21(39)37-14-28(15-37)12-36(13-28)8-6-7-20-33-26-17(22-23(29)18(40-3)10-19(41-4)24(22)30)9-16-11-32-27(31-2)34-25(16)38(26)35-20/h5,9-11H,1,6-8,12-15H2,2-4H3,(H,31,32,34). The molecule has 41 heavy (non-hydrogen) atoms. The van der Waals surface area contributed by atoms with E-state index in [4.69, 9.17) is 42.8 Å². The lowest BCUT2D eigenvalue weighted by atomic mass is 9.72. The van der Waals surface area contributed by atoms with E-state index >= 15 is 0 Å². The van der Waals surface area contributed by atoms with E-state index in [0.29, 0.717) is 62.2 Å². The van der Waals surface area contributed by atoms with Crippen LogP contribution >= 0.6 is 23.2 Å². The number of ether oxygens (including phenoxy) is 2. The van der Waals surface area contributed by atoms with Crippen LogP contribution in [0.15, 0.2) is 31.0 Å². The molecule has 2 aliphatic rings. The highest BCUT2D eigenvalue weighted by atomic mass is 35.5. The smallest absolute Gasteiger partial charge is 0.245 e. The van der Waals surface area contributed by atoms with Gasteiger partial charge in [0.25, 0.3) is 0 Å². The van der Waals surface area contributed by atoms with Crippen LogP contribution in [0.25, 0.3) is 27.8 Å². The average molecular weight is 598 g/mol. The first-order valence-corrected chi connectivity index (χ1v) is 14.0. The Kier molecular flexibility index (Phi) is 7.13. The molecule has 1 spiro atoms. The van der Waals surface area contributed by atoms with Gasteiger partial charge in [0.1, 0.15) is 11.5 Å². The van der Waals surface area contributed by atoms with E-state index in [1.54, 1.807) is 38.0 Å². The number of carbonyl (C=O) groups is 1. The fraction of sp³-hybridized carbons (Fsp3) is 0.393. The second-order valence-corrected chi connectivity index (χ2v) is 11.3. The van der Waals surface area contributed by atoms with Gasteiger partial charge < -0.3 is 24.6 Å². The number of nitrogens with one attached hydrogen (secondary N) is 1. The zero-order valence-electron chi connectivity index (χ0n) is 23.1. The number of carbonyl (C=O) groups excluding carboxylic acids is 1. The van der Waals surface area contributed by atoms with E-state index < -0.39 is 0 Å². The van der Waals surface area contributed by atoms with E-state index in [-0.39, 0.29) is 11.3 Å². The van der Waals surface area contributed by atoms with Crippen molar-refractivity contribution >= 4 is 51.7 Å². The molecule has 0 saturated carbocycles. The van der Waals surface area contributed by atoms with Crippen LogP contribution < -0.4 is 14.8 Å². The number of aromatic nitrogens is 5. The SMILES string of the molecule is C=CC(=O)N1CC2(CN(CCCc3nc4c(-c5c(Cl)c(OC)cc(OC)c5Cl)cc5cnc(NC)nc5n4n3)C2)C1. The van der Waals surface area contributed by atoms with Crippen molar-refractivity contribution in [3.8, 4) is 22.6 Å².